The van der Waals surface area contributed by atoms with Gasteiger partial charge in [-0.2, -0.15) is 0 Å². The quantitative estimate of drug-likeness (QED) is 0.0143. The second-order valence-electron chi connectivity index (χ2n) is 19.5. The van der Waals surface area contributed by atoms with Gasteiger partial charge in [-0.3, -0.25) is 0 Å². The number of aryl methyl sites for hydroxylation is 1. The first-order valence-electron chi connectivity index (χ1n) is 28.9. The molecular formula is C64H95KNa6O24S7. The number of hydrogen-bond acceptors (Lipinski definition) is 25. The number of rotatable bonds is 23. The van der Waals surface area contributed by atoms with Crippen LogP contribution in [0.4, 0.5) is 0 Å². The number of fused-ring (bicyclic) bond motifs is 3. The van der Waals surface area contributed by atoms with Crippen LogP contribution in [0.25, 0.3) is 32.3 Å². The molecule has 544 valence electrons. The molecule has 0 saturated heterocycles. The van der Waals surface area contributed by atoms with Crippen LogP contribution in [-0.4, -0.2) is 142 Å². The van der Waals surface area contributed by atoms with E-state index in [0.717, 1.165) is 25.7 Å². The fourth-order valence-corrected chi connectivity index (χ4v) is 7.80. The van der Waals surface area contributed by atoms with Crippen molar-refractivity contribution in [2.75, 3.05) is 63.8 Å². The Kier molecular flexibility index (Phi) is 106. The van der Waals surface area contributed by atoms with Crippen molar-refractivity contribution < 1.29 is 335 Å². The second kappa shape index (κ2) is 82.8. The number of ether oxygens (including phenoxy) is 3. The summed E-state index contributed by atoms with van der Waals surface area (Å²) in [6.45, 7) is 9.70. The average Bonchev–Trinajstić information content (AvgIpc) is 0.889. The Morgan fingerprint density at radius 3 is 0.794 bits per heavy atom. The molecule has 38 heteroatoms. The molecule has 0 fully saturated rings. The van der Waals surface area contributed by atoms with Crippen LogP contribution in [0.3, 0.4) is 0 Å². The van der Waals surface area contributed by atoms with E-state index in [0.29, 0.717) is 44.0 Å². The fourth-order valence-electron chi connectivity index (χ4n) is 6.62. The normalized spacial score (nSPS) is 9.92. The Bertz CT molecular complexity index is 3250. The van der Waals surface area contributed by atoms with Crippen LogP contribution in [0.1, 0.15) is 117 Å². The molecule has 0 amide bonds. The topological polar surface area (TPSA) is 399 Å². The van der Waals surface area contributed by atoms with Crippen LogP contribution in [0, 0.1) is 6.92 Å². The van der Waals surface area contributed by atoms with E-state index in [2.05, 4.69) is 198 Å². The molecule has 0 bridgehead atoms. The molecule has 0 N–H and O–H groups in total. The van der Waals surface area contributed by atoms with Crippen molar-refractivity contribution in [3.63, 3.8) is 0 Å². The molecule has 0 atom stereocenters. The van der Waals surface area contributed by atoms with E-state index >= 15 is 0 Å². The van der Waals surface area contributed by atoms with Gasteiger partial charge in [-0.1, -0.05) is 261 Å². The molecule has 0 saturated carbocycles. The third-order valence-electron chi connectivity index (χ3n) is 10.3. The van der Waals surface area contributed by atoms with E-state index in [9.17, 15) is 38.9 Å². The van der Waals surface area contributed by atoms with Gasteiger partial charge in [-0.05, 0) is 70.6 Å². The van der Waals surface area contributed by atoms with E-state index in [-0.39, 0.29) is 242 Å². The summed E-state index contributed by atoms with van der Waals surface area (Å²) in [5.74, 6) is -1.46. The summed E-state index contributed by atoms with van der Waals surface area (Å²) in [7, 11) is -21.8. The maximum absolute atomic E-state index is 10.4. The summed E-state index contributed by atoms with van der Waals surface area (Å²) in [4.78, 5) is 3.86. The minimum absolute atomic E-state index is 0. The molecule has 0 radical (unpaired) electrons. The summed E-state index contributed by atoms with van der Waals surface area (Å²) >= 11 is 3.80. The van der Waals surface area contributed by atoms with Crippen molar-refractivity contribution in [3.05, 3.63) is 175 Å². The van der Waals surface area contributed by atoms with Gasteiger partial charge in [0.25, 0.3) is 0 Å². The van der Waals surface area contributed by atoms with Crippen LogP contribution in [0.5, 0.6) is 5.75 Å². The van der Waals surface area contributed by atoms with Crippen LogP contribution in [-0.2, 0) is 97.4 Å². The minimum Gasteiger partial charge on any atom is -0.748 e. The summed E-state index contributed by atoms with van der Waals surface area (Å²) in [5.41, 5.74) is 1.04. The monoisotopic (exact) mass is 1650 g/mol. The van der Waals surface area contributed by atoms with E-state index in [1.54, 1.807) is 24.3 Å². The van der Waals surface area contributed by atoms with Gasteiger partial charge in [0.05, 0.1) is 47.6 Å². The van der Waals surface area contributed by atoms with E-state index in [1.165, 1.54) is 104 Å². The van der Waals surface area contributed by atoms with Gasteiger partial charge >= 0.3 is 229 Å². The smallest absolute Gasteiger partial charge is 0.748 e. The fraction of sp³-hybridized carbons (Fsp3) is 0.438. The maximum atomic E-state index is 10.4. The Balaban J connectivity index is -0.0000000900. The molecular weight excluding hydrogens is 1550 g/mol. The van der Waals surface area contributed by atoms with Gasteiger partial charge in [0.1, 0.15) is 31.9 Å². The first-order valence-corrected chi connectivity index (χ1v) is 39.4. The van der Waals surface area contributed by atoms with E-state index in [4.69, 9.17) is 48.4 Å². The van der Waals surface area contributed by atoms with Crippen LogP contribution < -0.4 is 233 Å². The molecule has 0 unspecified atom stereocenters. The number of unbranched alkanes of at least 4 members (excludes halogenated alkanes) is 10. The van der Waals surface area contributed by atoms with Crippen molar-refractivity contribution in [1.29, 1.82) is 0 Å². The molecule has 7 aromatic carbocycles. The molecule has 0 aromatic heterocycles. The van der Waals surface area contributed by atoms with Crippen molar-refractivity contribution in [1.82, 2.24) is 0 Å². The zero-order valence-corrected chi connectivity index (χ0v) is 82.4. The first kappa shape index (κ1) is 131. The van der Waals surface area contributed by atoms with E-state index in [1.807, 2.05) is 6.92 Å². The zero-order valence-electron chi connectivity index (χ0n) is 61.5. The average molecular weight is 1650 g/mol. The Labute approximate surface area is 791 Å². The summed E-state index contributed by atoms with van der Waals surface area (Å²) < 4.78 is 190. The summed E-state index contributed by atoms with van der Waals surface area (Å²) in [6, 6.07) is 56.9. The zero-order chi connectivity index (χ0) is 72.4. The maximum Gasteiger partial charge on any atom is 1.00 e. The van der Waals surface area contributed by atoms with Crippen LogP contribution in [0.2, 0.25) is 0 Å². The van der Waals surface area contributed by atoms with Gasteiger partial charge in [0.15, 0.2) is 5.94 Å². The van der Waals surface area contributed by atoms with Gasteiger partial charge in [0, 0.05) is 44.8 Å². The molecule has 0 heterocycles. The van der Waals surface area contributed by atoms with Gasteiger partial charge < -0.3 is 58.8 Å². The third-order valence-corrected chi connectivity index (χ3v) is 12.1. The number of methoxy groups -OCH3 is 1. The van der Waals surface area contributed by atoms with Gasteiger partial charge in [0.2, 0.25) is 0 Å². The molecule has 0 spiro atoms. The molecule has 0 aliphatic carbocycles. The van der Waals surface area contributed by atoms with Crippen molar-refractivity contribution >= 4 is 106 Å². The second-order valence-corrected chi connectivity index (χ2v) is 28.1. The predicted octanol–water partition coefficient (Wildman–Crippen LogP) is -8.70. The molecule has 7 aromatic rings. The molecule has 24 nitrogen and oxygen atoms in total. The first-order chi connectivity index (χ1) is 43.8. The van der Waals surface area contributed by atoms with Crippen LogP contribution in [0.15, 0.2) is 170 Å². The number of hydrogen-bond donors (Lipinski definition) is 0. The standard InChI is InChI=1S/C16H34O4S.3C10H8.C8H10O4S.C3H8.C2H6O4S.4CH4O3S.CH4.K.6Na/c1-2-3-4-5-6-7-8-9-10-11-14-20-15-12-13-16-21(17,18)19;3*1-2-6-10-8-4-3-7-9(10)5-1;1-7-2-4-8(5-3-7)12-6-13(9,10)11;1-3-2;1-6-2-7(3,4)5;3*1-5(2,3)4;1-2-3-4-5;;;;;;;;/h2-16H2,1H3,(H,17,18,19);3*1-8H;2-5H,6H2,1H3,(H,9,10,11);3H2,1-2H3;2H2,1H3,(H,3,4,5);3*1H3,(H,2,3,4);5H,1H3;1H4;;;;;;;/q;;;;;;;;;;;;7*+1/p-7. The molecule has 7 rings (SSSR count). The van der Waals surface area contributed by atoms with Gasteiger partial charge in [-0.25, -0.2) is 55.4 Å². The van der Waals surface area contributed by atoms with Crippen LogP contribution >= 0.6 is 0 Å². The van der Waals surface area contributed by atoms with Crippen molar-refractivity contribution in [2.45, 2.75) is 119 Å². The van der Waals surface area contributed by atoms with Gasteiger partial charge in [-0.15, -0.1) is 0 Å². The largest absolute Gasteiger partial charge is 1.00 e. The van der Waals surface area contributed by atoms with E-state index < -0.39 is 72.6 Å². The summed E-state index contributed by atoms with van der Waals surface area (Å²) in [6.07, 6.45) is 17.2. The number of benzene rings is 7. The summed E-state index contributed by atoms with van der Waals surface area (Å²) in [5, 5.41) is 11.5. The Hall–Kier alpha value is 2.37. The molecule has 0 aliphatic rings. The SMILES string of the molecule is C.CCC.CCCCCCCCCCCCOCCCCS(=O)(=O)[O-].COCS(=O)(=O)[O-].COOO[S-].CS(=O)(=O)[O-].CS(=O)(=O)[O-].CS(=O)(=O)[O-].Cc1ccc(OCS(=O)(=O)[O-])cc1.[K+].[Na+].[Na+].[Na+].[Na+].[Na+].[Na+].c1ccc2ccccc2c1.c1ccc2ccccc2c1.c1ccc2ccccc2c1. The Morgan fingerprint density at radius 1 is 0.373 bits per heavy atom. The minimum atomic E-state index is -4.30. The Morgan fingerprint density at radius 2 is 0.608 bits per heavy atom. The molecule has 102 heavy (non-hydrogen) atoms. The van der Waals surface area contributed by atoms with Crippen molar-refractivity contribution in [3.8, 4) is 5.75 Å². The molecule has 0 aliphatic heterocycles. The van der Waals surface area contributed by atoms with Crippen molar-refractivity contribution in [2.24, 2.45) is 0 Å². The predicted molar refractivity (Wildman–Crippen MR) is 372 cm³/mol. The third kappa shape index (κ3) is 113.